The van der Waals surface area contributed by atoms with Crippen molar-refractivity contribution in [3.05, 3.63) is 41.6 Å². The van der Waals surface area contributed by atoms with Gasteiger partial charge in [0.05, 0.1) is 0 Å². The predicted octanol–water partition coefficient (Wildman–Crippen LogP) is 1.32. The normalized spacial score (nSPS) is 13.6. The van der Waals surface area contributed by atoms with Gasteiger partial charge in [0.2, 0.25) is 0 Å². The highest BCUT2D eigenvalue weighted by molar-refractivity contribution is 5.92. The molecule has 8 nitrogen and oxygen atoms in total. The maximum atomic E-state index is 11.7. The van der Waals surface area contributed by atoms with Crippen molar-refractivity contribution in [2.45, 2.75) is 25.9 Å². The molecule has 1 saturated heterocycles. The third kappa shape index (κ3) is 7.48. The average Bonchev–Trinajstić information content (AvgIpc) is 3.32. The Labute approximate surface area is 183 Å². The quantitative estimate of drug-likeness (QED) is 0.551. The highest BCUT2D eigenvalue weighted by atomic mass is 16.3. The smallest absolute Gasteiger partial charge is 0.267 e. The van der Waals surface area contributed by atoms with E-state index in [4.69, 9.17) is 5.73 Å². The van der Waals surface area contributed by atoms with E-state index in [1.54, 1.807) is 30.3 Å². The summed E-state index contributed by atoms with van der Waals surface area (Å²) < 4.78 is 0. The predicted molar refractivity (Wildman–Crippen MR) is 121 cm³/mol. The molecule has 0 bridgehead atoms. The Bertz CT molecular complexity index is 959. The third-order valence-corrected chi connectivity index (χ3v) is 4.64. The number of primary amides is 1. The van der Waals surface area contributed by atoms with Crippen LogP contribution in [0.15, 0.2) is 30.3 Å². The third-order valence-electron chi connectivity index (χ3n) is 4.64. The van der Waals surface area contributed by atoms with Crippen LogP contribution < -0.4 is 10.6 Å². The first kappa shape index (κ1) is 24.0. The lowest BCUT2D eigenvalue weighted by atomic mass is 10.1. The summed E-state index contributed by atoms with van der Waals surface area (Å²) in [7, 11) is 4.11. The highest BCUT2D eigenvalue weighted by Crippen LogP contribution is 2.23. The zero-order chi connectivity index (χ0) is 22.8. The van der Waals surface area contributed by atoms with Crippen LogP contribution in [0.5, 0.6) is 0 Å². The van der Waals surface area contributed by atoms with Gasteiger partial charge in [0.25, 0.3) is 5.91 Å². The number of anilines is 1. The molecule has 1 unspecified atom stereocenters. The van der Waals surface area contributed by atoms with Crippen molar-refractivity contribution in [1.29, 1.82) is 0 Å². The number of aldehydes is 1. The number of aliphatic hydroxyl groups excluding tert-OH is 1. The van der Waals surface area contributed by atoms with Gasteiger partial charge in [-0.1, -0.05) is 30.9 Å². The second-order valence-corrected chi connectivity index (χ2v) is 7.32. The van der Waals surface area contributed by atoms with E-state index in [1.165, 1.54) is 0 Å². The fourth-order valence-electron chi connectivity index (χ4n) is 2.73. The molecule has 2 aromatic rings. The van der Waals surface area contributed by atoms with Gasteiger partial charge in [-0.3, -0.25) is 9.59 Å². The number of benzene rings is 1. The lowest BCUT2D eigenvalue weighted by molar-refractivity contribution is -0.112. The fourth-order valence-corrected chi connectivity index (χ4v) is 2.73. The minimum atomic E-state index is -1.32. The van der Waals surface area contributed by atoms with E-state index in [2.05, 4.69) is 52.6 Å². The molecule has 164 valence electrons. The van der Waals surface area contributed by atoms with Crippen molar-refractivity contribution < 1.29 is 14.7 Å². The Morgan fingerprint density at radius 2 is 1.97 bits per heavy atom. The summed E-state index contributed by atoms with van der Waals surface area (Å²) >= 11 is 0. The molecule has 8 heteroatoms. The molecule has 1 aromatic heterocycles. The van der Waals surface area contributed by atoms with E-state index in [0.717, 1.165) is 32.5 Å². The Balaban J connectivity index is 0.000000614. The first-order valence-electron chi connectivity index (χ1n) is 10.2. The van der Waals surface area contributed by atoms with Crippen molar-refractivity contribution in [1.82, 2.24) is 14.9 Å². The number of nitrogens with two attached hydrogens (primary N) is 1. The summed E-state index contributed by atoms with van der Waals surface area (Å²) in [6.45, 7) is 5.02. The second kappa shape index (κ2) is 11.8. The molecular weight excluding hydrogens is 394 g/mol. The number of carbonyl (C=O) groups is 2. The van der Waals surface area contributed by atoms with Gasteiger partial charge in [-0.2, -0.15) is 0 Å². The Kier molecular flexibility index (Phi) is 9.13. The molecule has 1 atom stereocenters. The zero-order valence-corrected chi connectivity index (χ0v) is 18.2. The molecule has 31 heavy (non-hydrogen) atoms. The van der Waals surface area contributed by atoms with Crippen LogP contribution in [-0.4, -0.2) is 72.0 Å². The number of nitrogens with zero attached hydrogens (tertiary/aromatic N) is 4. The van der Waals surface area contributed by atoms with E-state index < -0.39 is 12.0 Å². The van der Waals surface area contributed by atoms with Gasteiger partial charge in [-0.05, 0) is 45.6 Å². The summed E-state index contributed by atoms with van der Waals surface area (Å²) in [6.07, 6.45) is 1.19. The molecule has 2 heterocycles. The van der Waals surface area contributed by atoms with E-state index in [0.29, 0.717) is 29.1 Å². The van der Waals surface area contributed by atoms with Crippen molar-refractivity contribution in [2.75, 3.05) is 38.6 Å². The first-order chi connectivity index (χ1) is 14.8. The molecule has 3 rings (SSSR count). The number of hydrogen-bond donors (Lipinski definition) is 2. The van der Waals surface area contributed by atoms with Crippen LogP contribution in [0.25, 0.3) is 11.4 Å². The highest BCUT2D eigenvalue weighted by Gasteiger charge is 2.18. The summed E-state index contributed by atoms with van der Waals surface area (Å²) in [6, 6.07) is 8.66. The van der Waals surface area contributed by atoms with E-state index >= 15 is 0 Å². The van der Waals surface area contributed by atoms with Gasteiger partial charge in [0.1, 0.15) is 11.5 Å². The molecular formula is C23H29N5O3. The average molecular weight is 424 g/mol. The molecule has 1 aliphatic heterocycles. The number of amides is 1. The van der Waals surface area contributed by atoms with Gasteiger partial charge in [0.15, 0.2) is 18.2 Å². The van der Waals surface area contributed by atoms with Crippen molar-refractivity contribution in [2.24, 2.45) is 5.73 Å². The number of aromatic nitrogens is 2. The SMILES string of the molecule is CCN(C)C.NC(=O)c1cc(N2CCCC2)nc(-c2cccc(C#CC(O)C=O)c2)n1. The van der Waals surface area contributed by atoms with Crippen LogP contribution in [0.3, 0.4) is 0 Å². The van der Waals surface area contributed by atoms with E-state index in [-0.39, 0.29) is 5.69 Å². The first-order valence-corrected chi connectivity index (χ1v) is 10.2. The number of carbonyl (C=O) groups excluding carboxylic acids is 2. The molecule has 3 N–H and O–H groups in total. The van der Waals surface area contributed by atoms with Crippen molar-refractivity contribution >= 4 is 18.0 Å². The van der Waals surface area contributed by atoms with Crippen LogP contribution in [0.2, 0.25) is 0 Å². The molecule has 0 spiro atoms. The number of hydrogen-bond acceptors (Lipinski definition) is 7. The van der Waals surface area contributed by atoms with Crippen LogP contribution in [0.4, 0.5) is 5.82 Å². The van der Waals surface area contributed by atoms with Gasteiger partial charge in [-0.25, -0.2) is 9.97 Å². The summed E-state index contributed by atoms with van der Waals surface area (Å²) in [5.41, 5.74) is 6.84. The summed E-state index contributed by atoms with van der Waals surface area (Å²) in [4.78, 5) is 35.2. The number of aliphatic hydroxyl groups is 1. The maximum absolute atomic E-state index is 11.7. The second-order valence-electron chi connectivity index (χ2n) is 7.32. The van der Waals surface area contributed by atoms with Gasteiger partial charge >= 0.3 is 0 Å². The molecule has 0 saturated carbocycles. The van der Waals surface area contributed by atoms with Crippen molar-refractivity contribution in [3.8, 4) is 23.2 Å². The largest absolute Gasteiger partial charge is 0.373 e. The number of rotatable bonds is 5. The van der Waals surface area contributed by atoms with E-state index in [9.17, 15) is 14.7 Å². The molecule has 1 amide bonds. The topological polar surface area (TPSA) is 113 Å². The molecule has 1 aromatic carbocycles. The Morgan fingerprint density at radius 3 is 2.55 bits per heavy atom. The van der Waals surface area contributed by atoms with Gasteiger partial charge in [-0.15, -0.1) is 0 Å². The molecule has 0 aliphatic carbocycles. The maximum Gasteiger partial charge on any atom is 0.267 e. The lowest BCUT2D eigenvalue weighted by Gasteiger charge is -2.17. The zero-order valence-electron chi connectivity index (χ0n) is 18.2. The lowest BCUT2D eigenvalue weighted by Crippen LogP contribution is -2.22. The summed E-state index contributed by atoms with van der Waals surface area (Å²) in [5.74, 6) is 5.59. The molecule has 1 fully saturated rings. The van der Waals surface area contributed by atoms with Gasteiger partial charge < -0.3 is 20.6 Å². The molecule has 1 aliphatic rings. The van der Waals surface area contributed by atoms with Crippen LogP contribution >= 0.6 is 0 Å². The van der Waals surface area contributed by atoms with Crippen molar-refractivity contribution in [3.63, 3.8) is 0 Å². The molecule has 0 radical (unpaired) electrons. The standard InChI is InChI=1S/C19H18N4O3.C4H11N/c20-18(26)16-11-17(23-8-1-2-9-23)22-19(21-16)14-5-3-4-13(10-14)6-7-15(25)12-24;1-4-5(2)3/h3-5,10-12,15,25H,1-2,8-9H2,(H2,20,26);4H2,1-3H3. The summed E-state index contributed by atoms with van der Waals surface area (Å²) in [5, 5.41) is 9.24. The van der Waals surface area contributed by atoms with E-state index in [1.807, 2.05) is 0 Å². The monoisotopic (exact) mass is 423 g/mol. The van der Waals surface area contributed by atoms with Crippen LogP contribution in [0.1, 0.15) is 35.8 Å². The minimum Gasteiger partial charge on any atom is -0.373 e. The van der Waals surface area contributed by atoms with Crippen LogP contribution in [-0.2, 0) is 4.79 Å². The minimum absolute atomic E-state index is 0.157. The van der Waals surface area contributed by atoms with Gasteiger partial charge in [0, 0.05) is 30.3 Å². The fraction of sp³-hybridized carbons (Fsp3) is 0.391. The Hall–Kier alpha value is -3.28. The Morgan fingerprint density at radius 1 is 1.29 bits per heavy atom. The van der Waals surface area contributed by atoms with Crippen LogP contribution in [0, 0.1) is 11.8 Å².